The Bertz CT molecular complexity index is 552. The van der Waals surface area contributed by atoms with Crippen LogP contribution in [-0.2, 0) is 10.0 Å². The summed E-state index contributed by atoms with van der Waals surface area (Å²) in [5, 5.41) is 8.69. The number of nitrogens with one attached hydrogen (secondary N) is 1. The van der Waals surface area contributed by atoms with Gasteiger partial charge in [0, 0.05) is 6.54 Å². The van der Waals surface area contributed by atoms with Crippen LogP contribution in [0.5, 0.6) is 0 Å². The molecule has 0 heterocycles. The molecule has 102 valence electrons. The first-order chi connectivity index (χ1) is 9.12. The van der Waals surface area contributed by atoms with Crippen molar-refractivity contribution in [3.8, 4) is 6.07 Å². The molecule has 0 bridgehead atoms. The molecule has 1 aliphatic rings. The quantitative estimate of drug-likeness (QED) is 0.919. The molecule has 19 heavy (non-hydrogen) atoms. The van der Waals surface area contributed by atoms with Gasteiger partial charge in [0.15, 0.2) is 0 Å². The molecular weight excluding hydrogens is 260 g/mol. The van der Waals surface area contributed by atoms with E-state index >= 15 is 0 Å². The maximum Gasteiger partial charge on any atom is 0.240 e. The highest BCUT2D eigenvalue weighted by Gasteiger charge is 2.18. The van der Waals surface area contributed by atoms with Crippen LogP contribution in [0, 0.1) is 17.2 Å². The summed E-state index contributed by atoms with van der Waals surface area (Å²) in [6, 6.07) is 7.97. The van der Waals surface area contributed by atoms with Crippen molar-refractivity contribution in [1.29, 1.82) is 5.26 Å². The lowest BCUT2D eigenvalue weighted by atomic mass is 9.90. The lowest BCUT2D eigenvalue weighted by Gasteiger charge is -2.21. The molecule has 0 saturated heterocycles. The van der Waals surface area contributed by atoms with E-state index in [-0.39, 0.29) is 4.90 Å². The van der Waals surface area contributed by atoms with Crippen molar-refractivity contribution in [2.24, 2.45) is 5.92 Å². The van der Waals surface area contributed by atoms with Gasteiger partial charge < -0.3 is 0 Å². The van der Waals surface area contributed by atoms with Crippen LogP contribution in [0.1, 0.15) is 37.7 Å². The van der Waals surface area contributed by atoms with Crippen LogP contribution in [0.15, 0.2) is 29.2 Å². The number of sulfonamides is 1. The van der Waals surface area contributed by atoms with E-state index in [4.69, 9.17) is 5.26 Å². The second kappa shape index (κ2) is 6.18. The predicted molar refractivity (Wildman–Crippen MR) is 72.9 cm³/mol. The molecule has 1 aromatic rings. The van der Waals surface area contributed by atoms with Crippen molar-refractivity contribution in [3.63, 3.8) is 0 Å². The summed E-state index contributed by atoms with van der Waals surface area (Å²) in [6.45, 7) is 0.516. The zero-order valence-electron chi connectivity index (χ0n) is 10.8. The molecule has 1 aromatic carbocycles. The zero-order valence-corrected chi connectivity index (χ0v) is 11.6. The third-order valence-corrected chi connectivity index (χ3v) is 5.02. The lowest BCUT2D eigenvalue weighted by molar-refractivity contribution is 0.357. The normalized spacial score (nSPS) is 17.0. The van der Waals surface area contributed by atoms with Gasteiger partial charge in [-0.1, -0.05) is 19.3 Å². The Hall–Kier alpha value is -1.38. The van der Waals surface area contributed by atoms with Gasteiger partial charge in [-0.05, 0) is 43.0 Å². The standard InChI is InChI=1S/C14H18N2O2S/c15-10-12-6-8-14(9-7-12)19(17,18)16-11-13-4-2-1-3-5-13/h6-9,13,16H,1-5,11H2. The summed E-state index contributed by atoms with van der Waals surface area (Å²) in [7, 11) is -3.44. The minimum Gasteiger partial charge on any atom is -0.211 e. The summed E-state index contributed by atoms with van der Waals surface area (Å²) < 4.78 is 26.8. The van der Waals surface area contributed by atoms with Crippen molar-refractivity contribution in [2.45, 2.75) is 37.0 Å². The van der Waals surface area contributed by atoms with Gasteiger partial charge in [-0.3, -0.25) is 0 Å². The van der Waals surface area contributed by atoms with Gasteiger partial charge in [0.2, 0.25) is 10.0 Å². The Kier molecular flexibility index (Phi) is 4.56. The van der Waals surface area contributed by atoms with E-state index in [0.29, 0.717) is 18.0 Å². The molecule has 5 heteroatoms. The molecule has 0 aliphatic heterocycles. The summed E-state index contributed by atoms with van der Waals surface area (Å²) in [6.07, 6.45) is 5.87. The highest BCUT2D eigenvalue weighted by atomic mass is 32.2. The first-order valence-electron chi connectivity index (χ1n) is 6.61. The third-order valence-electron chi connectivity index (χ3n) is 3.58. The van der Waals surface area contributed by atoms with E-state index in [0.717, 1.165) is 12.8 Å². The molecule has 0 amide bonds. The van der Waals surface area contributed by atoms with Crippen LogP contribution in [0.4, 0.5) is 0 Å². The Morgan fingerprint density at radius 2 is 1.79 bits per heavy atom. The van der Waals surface area contributed by atoms with Crippen LogP contribution < -0.4 is 4.72 Å². The van der Waals surface area contributed by atoms with Crippen molar-refractivity contribution < 1.29 is 8.42 Å². The molecule has 0 atom stereocenters. The van der Waals surface area contributed by atoms with E-state index in [1.54, 1.807) is 0 Å². The Balaban J connectivity index is 1.99. The second-order valence-corrected chi connectivity index (χ2v) is 6.76. The maximum atomic E-state index is 12.1. The first-order valence-corrected chi connectivity index (χ1v) is 8.10. The Labute approximate surface area is 114 Å². The minimum absolute atomic E-state index is 0.224. The van der Waals surface area contributed by atoms with Gasteiger partial charge in [0.05, 0.1) is 16.5 Å². The number of hydrogen-bond donors (Lipinski definition) is 1. The average molecular weight is 278 g/mol. The molecule has 1 aliphatic carbocycles. The number of rotatable bonds is 4. The van der Waals surface area contributed by atoms with E-state index in [1.165, 1.54) is 43.5 Å². The van der Waals surface area contributed by atoms with Crippen molar-refractivity contribution in [1.82, 2.24) is 4.72 Å². The second-order valence-electron chi connectivity index (χ2n) is 4.99. The molecule has 1 saturated carbocycles. The molecule has 1 fully saturated rings. The van der Waals surface area contributed by atoms with Crippen LogP contribution in [0.25, 0.3) is 0 Å². The summed E-state index contributed by atoms with van der Waals surface area (Å²) >= 11 is 0. The molecule has 2 rings (SSSR count). The fraction of sp³-hybridized carbons (Fsp3) is 0.500. The number of nitrogens with zero attached hydrogens (tertiary/aromatic N) is 1. The summed E-state index contributed by atoms with van der Waals surface area (Å²) in [5.74, 6) is 0.460. The van der Waals surface area contributed by atoms with Gasteiger partial charge in [-0.2, -0.15) is 5.26 Å². The van der Waals surface area contributed by atoms with E-state index in [9.17, 15) is 8.42 Å². The highest BCUT2D eigenvalue weighted by Crippen LogP contribution is 2.23. The van der Waals surface area contributed by atoms with Crippen LogP contribution in [-0.4, -0.2) is 15.0 Å². The summed E-state index contributed by atoms with van der Waals surface area (Å²) in [4.78, 5) is 0.224. The minimum atomic E-state index is -3.44. The van der Waals surface area contributed by atoms with Crippen LogP contribution in [0.3, 0.4) is 0 Å². The Morgan fingerprint density at radius 1 is 1.16 bits per heavy atom. The van der Waals surface area contributed by atoms with Gasteiger partial charge in [-0.15, -0.1) is 0 Å². The van der Waals surface area contributed by atoms with Crippen LogP contribution >= 0.6 is 0 Å². The van der Waals surface area contributed by atoms with E-state index in [1.807, 2.05) is 6.07 Å². The predicted octanol–water partition coefficient (Wildman–Crippen LogP) is 2.42. The number of nitriles is 1. The monoisotopic (exact) mass is 278 g/mol. The van der Waals surface area contributed by atoms with E-state index in [2.05, 4.69) is 4.72 Å². The van der Waals surface area contributed by atoms with Gasteiger partial charge in [0.25, 0.3) is 0 Å². The molecule has 0 unspecified atom stereocenters. The van der Waals surface area contributed by atoms with Gasteiger partial charge >= 0.3 is 0 Å². The lowest BCUT2D eigenvalue weighted by Crippen LogP contribution is -2.30. The molecule has 4 nitrogen and oxygen atoms in total. The fourth-order valence-corrected chi connectivity index (χ4v) is 3.53. The summed E-state index contributed by atoms with van der Waals surface area (Å²) in [5.41, 5.74) is 0.464. The highest BCUT2D eigenvalue weighted by molar-refractivity contribution is 7.89. The van der Waals surface area contributed by atoms with E-state index < -0.39 is 10.0 Å². The largest absolute Gasteiger partial charge is 0.240 e. The molecule has 0 radical (unpaired) electrons. The maximum absolute atomic E-state index is 12.1. The van der Waals surface area contributed by atoms with Crippen molar-refractivity contribution in [3.05, 3.63) is 29.8 Å². The topological polar surface area (TPSA) is 70.0 Å². The molecule has 0 spiro atoms. The van der Waals surface area contributed by atoms with Crippen molar-refractivity contribution >= 4 is 10.0 Å². The van der Waals surface area contributed by atoms with Crippen molar-refractivity contribution in [2.75, 3.05) is 6.54 Å². The molecular formula is C14H18N2O2S. The Morgan fingerprint density at radius 3 is 2.37 bits per heavy atom. The van der Waals surface area contributed by atoms with Gasteiger partial charge in [0.1, 0.15) is 0 Å². The average Bonchev–Trinajstić information content (AvgIpc) is 2.46. The SMILES string of the molecule is N#Cc1ccc(S(=O)(=O)NCC2CCCCC2)cc1. The third kappa shape index (κ3) is 3.79. The number of benzene rings is 1. The number of hydrogen-bond acceptors (Lipinski definition) is 3. The smallest absolute Gasteiger partial charge is 0.211 e. The zero-order chi connectivity index (χ0) is 13.7. The molecule has 0 aromatic heterocycles. The molecule has 1 N–H and O–H groups in total. The van der Waals surface area contributed by atoms with Crippen LogP contribution in [0.2, 0.25) is 0 Å². The van der Waals surface area contributed by atoms with Gasteiger partial charge in [-0.25, -0.2) is 13.1 Å². The fourth-order valence-electron chi connectivity index (χ4n) is 2.41. The first kappa shape index (κ1) is 14.0.